The zero-order valence-electron chi connectivity index (χ0n) is 10.5. The number of aromatic nitrogens is 1. The van der Waals surface area contributed by atoms with Gasteiger partial charge in [-0.3, -0.25) is 0 Å². The predicted molar refractivity (Wildman–Crippen MR) is 73.1 cm³/mol. The van der Waals surface area contributed by atoms with Gasteiger partial charge in [0.2, 0.25) is 10.0 Å². The summed E-state index contributed by atoms with van der Waals surface area (Å²) in [4.78, 5) is 13.7. The van der Waals surface area contributed by atoms with E-state index < -0.39 is 16.0 Å². The van der Waals surface area contributed by atoms with E-state index in [-0.39, 0.29) is 17.0 Å². The molecule has 3 N–H and O–H groups in total. The second-order valence-electron chi connectivity index (χ2n) is 4.20. The van der Waals surface area contributed by atoms with Crippen molar-refractivity contribution in [1.29, 1.82) is 0 Å². The Morgan fingerprint density at radius 2 is 2.10 bits per heavy atom. The molecule has 0 radical (unpaired) electrons. The van der Waals surface area contributed by atoms with Gasteiger partial charge in [0.25, 0.3) is 0 Å². The molecule has 0 amide bonds. The molecule has 0 aliphatic heterocycles. The number of hydrogen-bond acceptors (Lipinski definition) is 3. The van der Waals surface area contributed by atoms with Crippen molar-refractivity contribution in [3.05, 3.63) is 53.9 Å². The van der Waals surface area contributed by atoms with E-state index in [0.717, 1.165) is 5.56 Å². The van der Waals surface area contributed by atoms with Crippen LogP contribution in [-0.4, -0.2) is 31.0 Å². The average Bonchev–Trinajstić information content (AvgIpc) is 2.93. The third kappa shape index (κ3) is 3.46. The van der Waals surface area contributed by atoms with Gasteiger partial charge in [-0.25, -0.2) is 17.9 Å². The number of carbonyl (C=O) groups is 1. The second-order valence-corrected chi connectivity index (χ2v) is 5.97. The maximum atomic E-state index is 11.8. The van der Waals surface area contributed by atoms with Gasteiger partial charge in [-0.1, -0.05) is 12.1 Å². The van der Waals surface area contributed by atoms with E-state index in [9.17, 15) is 13.2 Å². The summed E-state index contributed by atoms with van der Waals surface area (Å²) in [5.41, 5.74) is 0.956. The third-order valence-electron chi connectivity index (χ3n) is 2.76. The van der Waals surface area contributed by atoms with E-state index >= 15 is 0 Å². The van der Waals surface area contributed by atoms with Gasteiger partial charge in [0, 0.05) is 18.9 Å². The molecule has 106 valence electrons. The molecule has 2 aromatic rings. The quantitative estimate of drug-likeness (QED) is 0.746. The fourth-order valence-electron chi connectivity index (χ4n) is 1.75. The Bertz CT molecular complexity index is 693. The van der Waals surface area contributed by atoms with Crippen LogP contribution >= 0.6 is 0 Å². The maximum absolute atomic E-state index is 11.8. The first-order valence-corrected chi connectivity index (χ1v) is 7.42. The van der Waals surface area contributed by atoms with Crippen LogP contribution < -0.4 is 4.72 Å². The van der Waals surface area contributed by atoms with Gasteiger partial charge in [-0.05, 0) is 30.2 Å². The second kappa shape index (κ2) is 5.89. The van der Waals surface area contributed by atoms with Crippen LogP contribution in [0, 0.1) is 0 Å². The molecule has 0 aliphatic rings. The molecular weight excluding hydrogens is 280 g/mol. The third-order valence-corrected chi connectivity index (χ3v) is 4.22. The molecule has 0 saturated heterocycles. The summed E-state index contributed by atoms with van der Waals surface area (Å²) in [7, 11) is -3.51. The molecule has 0 aliphatic carbocycles. The SMILES string of the molecule is O=C(O)c1cccc(CCNS(=O)(=O)c2cc[nH]c2)c1. The van der Waals surface area contributed by atoms with Crippen molar-refractivity contribution in [2.45, 2.75) is 11.3 Å². The molecule has 7 heteroatoms. The van der Waals surface area contributed by atoms with Gasteiger partial charge >= 0.3 is 5.97 Å². The highest BCUT2D eigenvalue weighted by atomic mass is 32.2. The summed E-state index contributed by atoms with van der Waals surface area (Å²) in [5, 5.41) is 8.87. The van der Waals surface area contributed by atoms with Crippen LogP contribution in [0.2, 0.25) is 0 Å². The van der Waals surface area contributed by atoms with Crippen LogP contribution in [0.5, 0.6) is 0 Å². The minimum atomic E-state index is -3.51. The fourth-order valence-corrected chi connectivity index (χ4v) is 2.76. The smallest absolute Gasteiger partial charge is 0.335 e. The molecule has 1 aromatic heterocycles. The van der Waals surface area contributed by atoms with Crippen LogP contribution in [0.3, 0.4) is 0 Å². The molecular formula is C13H14N2O4S. The number of hydrogen-bond donors (Lipinski definition) is 3. The standard InChI is InChI=1S/C13H14N2O4S/c16-13(17)11-3-1-2-10(8-11)4-7-15-20(18,19)12-5-6-14-9-12/h1-3,5-6,8-9,14-15H,4,7H2,(H,16,17). The van der Waals surface area contributed by atoms with Crippen molar-refractivity contribution in [2.75, 3.05) is 6.54 Å². The summed E-state index contributed by atoms with van der Waals surface area (Å²) in [6.45, 7) is 0.205. The van der Waals surface area contributed by atoms with E-state index in [0.29, 0.717) is 6.42 Å². The molecule has 0 unspecified atom stereocenters. The van der Waals surface area contributed by atoms with Crippen molar-refractivity contribution < 1.29 is 18.3 Å². The Labute approximate surface area is 116 Å². The van der Waals surface area contributed by atoms with E-state index in [1.807, 2.05) is 0 Å². The molecule has 1 aromatic carbocycles. The molecule has 6 nitrogen and oxygen atoms in total. The van der Waals surface area contributed by atoms with Gasteiger partial charge in [-0.2, -0.15) is 0 Å². The molecule has 0 saturated carbocycles. The number of aromatic amines is 1. The number of rotatable bonds is 6. The lowest BCUT2D eigenvalue weighted by Gasteiger charge is -2.05. The first-order chi connectivity index (χ1) is 9.49. The molecule has 2 rings (SSSR count). The van der Waals surface area contributed by atoms with Crippen molar-refractivity contribution in [1.82, 2.24) is 9.71 Å². The van der Waals surface area contributed by atoms with Crippen LogP contribution in [0.4, 0.5) is 0 Å². The van der Waals surface area contributed by atoms with Crippen molar-refractivity contribution in [3.63, 3.8) is 0 Å². The van der Waals surface area contributed by atoms with Gasteiger partial charge in [0.15, 0.2) is 0 Å². The first-order valence-electron chi connectivity index (χ1n) is 5.94. The number of carboxylic acids is 1. The van der Waals surface area contributed by atoms with Gasteiger partial charge < -0.3 is 10.1 Å². The number of nitrogens with one attached hydrogen (secondary N) is 2. The lowest BCUT2D eigenvalue weighted by Crippen LogP contribution is -2.25. The van der Waals surface area contributed by atoms with Crippen LogP contribution in [-0.2, 0) is 16.4 Å². The average molecular weight is 294 g/mol. The number of sulfonamides is 1. The van der Waals surface area contributed by atoms with Crippen molar-refractivity contribution >= 4 is 16.0 Å². The predicted octanol–water partition coefficient (Wildman–Crippen LogP) is 1.23. The number of H-pyrrole nitrogens is 1. The minimum absolute atomic E-state index is 0.178. The highest BCUT2D eigenvalue weighted by Crippen LogP contribution is 2.08. The Balaban J connectivity index is 1.97. The molecule has 20 heavy (non-hydrogen) atoms. The van der Waals surface area contributed by atoms with Crippen LogP contribution in [0.15, 0.2) is 47.6 Å². The molecule has 0 spiro atoms. The highest BCUT2D eigenvalue weighted by molar-refractivity contribution is 7.89. The summed E-state index contributed by atoms with van der Waals surface area (Å²) >= 11 is 0. The van der Waals surface area contributed by atoms with E-state index in [2.05, 4.69) is 9.71 Å². The van der Waals surface area contributed by atoms with Crippen molar-refractivity contribution in [2.24, 2.45) is 0 Å². The van der Waals surface area contributed by atoms with Gasteiger partial charge in [0.1, 0.15) is 0 Å². The summed E-state index contributed by atoms with van der Waals surface area (Å²) in [6.07, 6.45) is 3.35. The molecule has 0 fully saturated rings. The van der Waals surface area contributed by atoms with Crippen molar-refractivity contribution in [3.8, 4) is 0 Å². The maximum Gasteiger partial charge on any atom is 0.335 e. The monoisotopic (exact) mass is 294 g/mol. The minimum Gasteiger partial charge on any atom is -0.478 e. The number of benzene rings is 1. The number of carboxylic acid groups (broad SMARTS) is 1. The topological polar surface area (TPSA) is 99.3 Å². The fraction of sp³-hybridized carbons (Fsp3) is 0.154. The highest BCUT2D eigenvalue weighted by Gasteiger charge is 2.13. The normalized spacial score (nSPS) is 11.4. The van der Waals surface area contributed by atoms with Crippen LogP contribution in [0.1, 0.15) is 15.9 Å². The number of aromatic carboxylic acids is 1. The Morgan fingerprint density at radius 1 is 1.30 bits per heavy atom. The Morgan fingerprint density at radius 3 is 2.75 bits per heavy atom. The van der Waals surface area contributed by atoms with Gasteiger partial charge in [0.05, 0.1) is 10.5 Å². The first kappa shape index (κ1) is 14.3. The lowest BCUT2D eigenvalue weighted by molar-refractivity contribution is 0.0696. The van der Waals surface area contributed by atoms with Crippen LogP contribution in [0.25, 0.3) is 0 Å². The molecule has 0 atom stereocenters. The van der Waals surface area contributed by atoms with E-state index in [4.69, 9.17) is 5.11 Å². The van der Waals surface area contributed by atoms with E-state index in [1.54, 1.807) is 12.1 Å². The largest absolute Gasteiger partial charge is 0.478 e. The summed E-state index contributed by atoms with van der Waals surface area (Å²) < 4.78 is 26.1. The molecule has 1 heterocycles. The van der Waals surface area contributed by atoms with E-state index in [1.165, 1.54) is 30.6 Å². The Kier molecular flexibility index (Phi) is 4.21. The zero-order chi connectivity index (χ0) is 14.6. The summed E-state index contributed by atoms with van der Waals surface area (Å²) in [5.74, 6) is -1.00. The zero-order valence-corrected chi connectivity index (χ0v) is 11.4. The molecule has 0 bridgehead atoms. The summed E-state index contributed by atoms with van der Waals surface area (Å²) in [6, 6.07) is 7.90. The van der Waals surface area contributed by atoms with Gasteiger partial charge in [-0.15, -0.1) is 0 Å². The Hall–Kier alpha value is -2.12. The lowest BCUT2D eigenvalue weighted by atomic mass is 10.1.